The van der Waals surface area contributed by atoms with E-state index in [1.165, 1.54) is 19.5 Å². The summed E-state index contributed by atoms with van der Waals surface area (Å²) in [7, 11) is 1.30. The van der Waals surface area contributed by atoms with E-state index in [1.807, 2.05) is 30.3 Å². The minimum Gasteiger partial charge on any atom is -0.467 e. The SMILES string of the molecule is COC(=O)C(Cc1ccccc1)NC(=O)c1cn[nH]c1. The number of aromatic amines is 1. The molecule has 0 fully saturated rings. The Labute approximate surface area is 116 Å². The van der Waals surface area contributed by atoms with Crippen LogP contribution in [0.1, 0.15) is 15.9 Å². The predicted molar refractivity (Wildman–Crippen MR) is 72.0 cm³/mol. The molecule has 0 aliphatic rings. The number of carbonyl (C=O) groups is 2. The molecule has 0 saturated heterocycles. The molecule has 20 heavy (non-hydrogen) atoms. The number of nitrogens with zero attached hydrogens (tertiary/aromatic N) is 1. The Bertz CT molecular complexity index is 567. The van der Waals surface area contributed by atoms with Gasteiger partial charge in [-0.05, 0) is 5.56 Å². The predicted octanol–water partition coefficient (Wildman–Crippen LogP) is 0.924. The molecule has 1 aromatic heterocycles. The number of rotatable bonds is 5. The van der Waals surface area contributed by atoms with E-state index >= 15 is 0 Å². The second-order valence-electron chi connectivity index (χ2n) is 4.23. The zero-order valence-corrected chi connectivity index (χ0v) is 11.0. The van der Waals surface area contributed by atoms with Crippen molar-refractivity contribution in [3.05, 3.63) is 53.9 Å². The normalized spacial score (nSPS) is 11.7. The molecule has 0 spiro atoms. The molecule has 1 aromatic carbocycles. The Kier molecular flexibility index (Phi) is 4.49. The number of benzene rings is 1. The number of methoxy groups -OCH3 is 1. The third-order valence-electron chi connectivity index (χ3n) is 2.83. The maximum Gasteiger partial charge on any atom is 0.328 e. The quantitative estimate of drug-likeness (QED) is 0.793. The molecule has 1 amide bonds. The van der Waals surface area contributed by atoms with Gasteiger partial charge in [-0.1, -0.05) is 30.3 Å². The van der Waals surface area contributed by atoms with Crippen molar-refractivity contribution in [2.75, 3.05) is 7.11 Å². The van der Waals surface area contributed by atoms with Crippen LogP contribution in [0.25, 0.3) is 0 Å². The average molecular weight is 273 g/mol. The highest BCUT2D eigenvalue weighted by Gasteiger charge is 2.22. The van der Waals surface area contributed by atoms with E-state index in [2.05, 4.69) is 15.5 Å². The maximum absolute atomic E-state index is 11.9. The zero-order chi connectivity index (χ0) is 14.4. The van der Waals surface area contributed by atoms with Gasteiger partial charge in [0.15, 0.2) is 0 Å². The first-order valence-electron chi connectivity index (χ1n) is 6.12. The van der Waals surface area contributed by atoms with Crippen LogP contribution in [0.15, 0.2) is 42.7 Å². The smallest absolute Gasteiger partial charge is 0.328 e. The summed E-state index contributed by atoms with van der Waals surface area (Å²) in [5.74, 6) is -0.851. The summed E-state index contributed by atoms with van der Waals surface area (Å²) in [5.41, 5.74) is 1.31. The summed E-state index contributed by atoms with van der Waals surface area (Å²) in [5, 5.41) is 8.89. The van der Waals surface area contributed by atoms with Crippen LogP contribution in [-0.2, 0) is 16.0 Å². The zero-order valence-electron chi connectivity index (χ0n) is 11.0. The van der Waals surface area contributed by atoms with Gasteiger partial charge in [-0.15, -0.1) is 0 Å². The van der Waals surface area contributed by atoms with Crippen LogP contribution in [0.2, 0.25) is 0 Å². The third-order valence-corrected chi connectivity index (χ3v) is 2.83. The number of amides is 1. The molecule has 0 radical (unpaired) electrons. The highest BCUT2D eigenvalue weighted by Crippen LogP contribution is 2.05. The first kappa shape index (κ1) is 13.8. The van der Waals surface area contributed by atoms with E-state index in [1.54, 1.807) is 0 Å². The lowest BCUT2D eigenvalue weighted by Gasteiger charge is -2.16. The fraction of sp³-hybridized carbons (Fsp3) is 0.214. The van der Waals surface area contributed by atoms with Crippen LogP contribution in [0.3, 0.4) is 0 Å². The average Bonchev–Trinajstić information content (AvgIpc) is 3.01. The monoisotopic (exact) mass is 273 g/mol. The summed E-state index contributed by atoms with van der Waals surface area (Å²) in [6.07, 6.45) is 3.23. The van der Waals surface area contributed by atoms with E-state index < -0.39 is 12.0 Å². The maximum atomic E-state index is 11.9. The molecule has 6 heteroatoms. The summed E-state index contributed by atoms with van der Waals surface area (Å²) < 4.78 is 4.73. The third kappa shape index (κ3) is 3.44. The molecule has 0 aliphatic heterocycles. The van der Waals surface area contributed by atoms with E-state index in [-0.39, 0.29) is 5.91 Å². The minimum absolute atomic E-state index is 0.368. The van der Waals surface area contributed by atoms with Crippen LogP contribution < -0.4 is 5.32 Å². The molecule has 0 bridgehead atoms. The number of H-pyrrole nitrogens is 1. The molecule has 1 unspecified atom stereocenters. The van der Waals surface area contributed by atoms with E-state index in [0.717, 1.165) is 5.56 Å². The number of hydrogen-bond acceptors (Lipinski definition) is 4. The molecule has 104 valence electrons. The molecule has 2 aromatic rings. The Balaban J connectivity index is 2.08. The number of aromatic nitrogens is 2. The van der Waals surface area contributed by atoms with Crippen molar-refractivity contribution in [1.82, 2.24) is 15.5 Å². The second kappa shape index (κ2) is 6.51. The molecule has 2 rings (SSSR count). The Hall–Kier alpha value is -2.63. The van der Waals surface area contributed by atoms with Gasteiger partial charge in [0.25, 0.3) is 5.91 Å². The first-order chi connectivity index (χ1) is 9.70. The van der Waals surface area contributed by atoms with Gasteiger partial charge in [-0.25, -0.2) is 4.79 Å². The Morgan fingerprint density at radius 1 is 1.35 bits per heavy atom. The van der Waals surface area contributed by atoms with Crippen molar-refractivity contribution < 1.29 is 14.3 Å². The first-order valence-corrected chi connectivity index (χ1v) is 6.12. The lowest BCUT2D eigenvalue weighted by Crippen LogP contribution is -2.43. The van der Waals surface area contributed by atoms with Crippen LogP contribution in [0.4, 0.5) is 0 Å². The van der Waals surface area contributed by atoms with Gasteiger partial charge >= 0.3 is 5.97 Å². The number of ether oxygens (including phenoxy) is 1. The highest BCUT2D eigenvalue weighted by atomic mass is 16.5. The summed E-state index contributed by atoms with van der Waals surface area (Å²) >= 11 is 0. The summed E-state index contributed by atoms with van der Waals surface area (Å²) in [6.45, 7) is 0. The van der Waals surface area contributed by atoms with Crippen LogP contribution in [0, 0.1) is 0 Å². The topological polar surface area (TPSA) is 84.1 Å². The van der Waals surface area contributed by atoms with Gasteiger partial charge in [-0.3, -0.25) is 9.89 Å². The van der Waals surface area contributed by atoms with Crippen LogP contribution in [-0.4, -0.2) is 35.2 Å². The molecular formula is C14H15N3O3. The van der Waals surface area contributed by atoms with Crippen molar-refractivity contribution in [2.24, 2.45) is 0 Å². The fourth-order valence-electron chi connectivity index (χ4n) is 1.80. The highest BCUT2D eigenvalue weighted by molar-refractivity contribution is 5.96. The lowest BCUT2D eigenvalue weighted by atomic mass is 10.1. The number of esters is 1. The summed E-state index contributed by atoms with van der Waals surface area (Å²) in [6, 6.07) is 8.69. The van der Waals surface area contributed by atoms with E-state index in [9.17, 15) is 9.59 Å². The lowest BCUT2D eigenvalue weighted by molar-refractivity contribution is -0.142. The largest absolute Gasteiger partial charge is 0.467 e. The standard InChI is InChI=1S/C14H15N3O3/c1-20-14(19)12(7-10-5-3-2-4-6-10)17-13(18)11-8-15-16-9-11/h2-6,8-9,12H,7H2,1H3,(H,15,16)(H,17,18). The van der Waals surface area contributed by atoms with Crippen LogP contribution >= 0.6 is 0 Å². The van der Waals surface area contributed by atoms with Crippen molar-refractivity contribution in [3.63, 3.8) is 0 Å². The molecular weight excluding hydrogens is 258 g/mol. The van der Waals surface area contributed by atoms with Crippen LogP contribution in [0.5, 0.6) is 0 Å². The Morgan fingerprint density at radius 2 is 2.10 bits per heavy atom. The van der Waals surface area contributed by atoms with E-state index in [0.29, 0.717) is 12.0 Å². The fourth-order valence-corrected chi connectivity index (χ4v) is 1.80. The number of carbonyl (C=O) groups excluding carboxylic acids is 2. The van der Waals surface area contributed by atoms with Crippen molar-refractivity contribution in [2.45, 2.75) is 12.5 Å². The van der Waals surface area contributed by atoms with Gasteiger partial charge in [0, 0.05) is 12.6 Å². The number of hydrogen-bond donors (Lipinski definition) is 2. The van der Waals surface area contributed by atoms with Gasteiger partial charge in [0.2, 0.25) is 0 Å². The van der Waals surface area contributed by atoms with Gasteiger partial charge in [0.05, 0.1) is 18.9 Å². The van der Waals surface area contributed by atoms with Gasteiger partial charge in [-0.2, -0.15) is 5.10 Å². The number of nitrogens with one attached hydrogen (secondary N) is 2. The molecule has 1 heterocycles. The van der Waals surface area contributed by atoms with Crippen molar-refractivity contribution in [3.8, 4) is 0 Å². The molecule has 0 saturated carbocycles. The molecule has 0 aliphatic carbocycles. The molecule has 2 N–H and O–H groups in total. The van der Waals surface area contributed by atoms with Gasteiger partial charge in [0.1, 0.15) is 6.04 Å². The summed E-state index contributed by atoms with van der Waals surface area (Å²) in [4.78, 5) is 23.7. The van der Waals surface area contributed by atoms with E-state index in [4.69, 9.17) is 4.74 Å². The molecule has 1 atom stereocenters. The molecule has 6 nitrogen and oxygen atoms in total. The second-order valence-corrected chi connectivity index (χ2v) is 4.23. The Morgan fingerprint density at radius 3 is 2.70 bits per heavy atom. The van der Waals surface area contributed by atoms with Crippen molar-refractivity contribution in [1.29, 1.82) is 0 Å². The van der Waals surface area contributed by atoms with Crippen molar-refractivity contribution >= 4 is 11.9 Å². The van der Waals surface area contributed by atoms with Gasteiger partial charge < -0.3 is 10.1 Å². The minimum atomic E-state index is -0.732.